The monoisotopic (exact) mass is 402 g/mol. The summed E-state index contributed by atoms with van der Waals surface area (Å²) in [7, 11) is 2.02. The highest BCUT2D eigenvalue weighted by Crippen LogP contribution is 2.28. The molecule has 1 amide bonds. The Morgan fingerprint density at radius 3 is 2.41 bits per heavy atom. The number of aromatic nitrogens is 2. The van der Waals surface area contributed by atoms with Gasteiger partial charge in [-0.25, -0.2) is 9.13 Å². The summed E-state index contributed by atoms with van der Waals surface area (Å²) in [5, 5.41) is 3.95. The van der Waals surface area contributed by atoms with Gasteiger partial charge in [0.15, 0.2) is 11.0 Å². The van der Waals surface area contributed by atoms with Crippen LogP contribution >= 0.6 is 23.2 Å². The molecular formula is C21H22Cl2N3O+. The van der Waals surface area contributed by atoms with Crippen LogP contribution in [0.15, 0.2) is 36.4 Å². The number of carbonyl (C=O) groups excluding carboxylic acids is 1. The van der Waals surface area contributed by atoms with Crippen LogP contribution in [0.4, 0.5) is 5.69 Å². The molecule has 0 bridgehead atoms. The summed E-state index contributed by atoms with van der Waals surface area (Å²) in [5.41, 5.74) is 3.93. The van der Waals surface area contributed by atoms with Crippen molar-refractivity contribution in [3.63, 3.8) is 0 Å². The SMILES string of the molecule is CCC(=O)Nc1ccc(C=Cc2n(CC)c3cc(Cl)c(Cl)cc3[n+]2C)cc1. The number of anilines is 1. The molecule has 0 radical (unpaired) electrons. The van der Waals surface area contributed by atoms with Crippen LogP contribution < -0.4 is 9.88 Å². The second-order valence-electron chi connectivity index (χ2n) is 6.27. The van der Waals surface area contributed by atoms with Gasteiger partial charge in [0.25, 0.3) is 5.82 Å². The van der Waals surface area contributed by atoms with Crippen molar-refractivity contribution in [1.82, 2.24) is 4.57 Å². The lowest BCUT2D eigenvalue weighted by atomic mass is 10.2. The van der Waals surface area contributed by atoms with Gasteiger partial charge in [-0.3, -0.25) is 4.79 Å². The number of hydrogen-bond donors (Lipinski definition) is 1. The van der Waals surface area contributed by atoms with Crippen molar-refractivity contribution in [3.8, 4) is 0 Å². The number of nitrogens with zero attached hydrogens (tertiary/aromatic N) is 2. The molecule has 2 aromatic carbocycles. The third kappa shape index (κ3) is 4.02. The third-order valence-corrected chi connectivity index (χ3v) is 5.27. The quantitative estimate of drug-likeness (QED) is 0.576. The molecule has 0 aliphatic rings. The number of amides is 1. The van der Waals surface area contributed by atoms with Gasteiger partial charge in [0, 0.05) is 30.3 Å². The van der Waals surface area contributed by atoms with Gasteiger partial charge in [-0.15, -0.1) is 0 Å². The molecule has 140 valence electrons. The molecule has 4 nitrogen and oxygen atoms in total. The molecule has 0 atom stereocenters. The lowest BCUT2D eigenvalue weighted by molar-refractivity contribution is -0.647. The van der Waals surface area contributed by atoms with E-state index in [-0.39, 0.29) is 5.91 Å². The fourth-order valence-electron chi connectivity index (χ4n) is 3.07. The van der Waals surface area contributed by atoms with E-state index in [0.717, 1.165) is 34.7 Å². The molecule has 0 aliphatic carbocycles. The third-order valence-electron chi connectivity index (χ3n) is 4.55. The molecule has 3 aromatic rings. The maximum absolute atomic E-state index is 11.5. The molecule has 0 saturated carbocycles. The summed E-state index contributed by atoms with van der Waals surface area (Å²) in [6, 6.07) is 11.6. The number of carbonyl (C=O) groups is 1. The lowest BCUT2D eigenvalue weighted by Crippen LogP contribution is -2.31. The number of imidazole rings is 1. The van der Waals surface area contributed by atoms with E-state index in [2.05, 4.69) is 33.5 Å². The van der Waals surface area contributed by atoms with Gasteiger partial charge in [0.1, 0.15) is 0 Å². The average molecular weight is 403 g/mol. The highest BCUT2D eigenvalue weighted by Gasteiger charge is 2.21. The van der Waals surface area contributed by atoms with Crippen LogP contribution in [0.25, 0.3) is 23.2 Å². The van der Waals surface area contributed by atoms with E-state index < -0.39 is 0 Å². The molecule has 0 saturated heterocycles. The molecule has 1 heterocycles. The van der Waals surface area contributed by atoms with Crippen LogP contribution in [0, 0.1) is 0 Å². The summed E-state index contributed by atoms with van der Waals surface area (Å²) < 4.78 is 4.30. The number of aryl methyl sites for hydroxylation is 2. The van der Waals surface area contributed by atoms with Crippen molar-refractivity contribution in [3.05, 3.63) is 57.8 Å². The van der Waals surface area contributed by atoms with Gasteiger partial charge in [-0.05, 0) is 30.7 Å². The van der Waals surface area contributed by atoms with Crippen LogP contribution in [0.3, 0.4) is 0 Å². The highest BCUT2D eigenvalue weighted by molar-refractivity contribution is 6.42. The van der Waals surface area contributed by atoms with Crippen molar-refractivity contribution in [2.75, 3.05) is 5.32 Å². The standard InChI is InChI=1S/C21H21Cl2N3O/c1-4-20(27)24-15-9-6-14(7-10-15)8-11-21-25(3)18-12-16(22)17(23)13-19(18)26(21)5-2/h6-13H,4-5H2,1-3H3/p+1. The van der Waals surface area contributed by atoms with E-state index in [1.807, 2.05) is 50.4 Å². The van der Waals surface area contributed by atoms with Crippen molar-refractivity contribution >= 4 is 58.0 Å². The van der Waals surface area contributed by atoms with Crippen LogP contribution in [-0.2, 0) is 18.4 Å². The van der Waals surface area contributed by atoms with Gasteiger partial charge >= 0.3 is 0 Å². The lowest BCUT2D eigenvalue weighted by Gasteiger charge is -2.03. The van der Waals surface area contributed by atoms with Gasteiger partial charge in [0.05, 0.1) is 23.6 Å². The van der Waals surface area contributed by atoms with Gasteiger partial charge in [-0.2, -0.15) is 0 Å². The van der Waals surface area contributed by atoms with Crippen molar-refractivity contribution in [2.45, 2.75) is 26.8 Å². The zero-order valence-corrected chi connectivity index (χ0v) is 17.1. The summed E-state index contributed by atoms with van der Waals surface area (Å²) in [4.78, 5) is 11.5. The van der Waals surface area contributed by atoms with Crippen molar-refractivity contribution < 1.29 is 9.36 Å². The largest absolute Gasteiger partial charge is 0.326 e. The summed E-state index contributed by atoms with van der Waals surface area (Å²) in [5.74, 6) is 1.06. The first kappa shape index (κ1) is 19.5. The topological polar surface area (TPSA) is 37.9 Å². The van der Waals surface area contributed by atoms with E-state index in [4.69, 9.17) is 23.2 Å². The Morgan fingerprint density at radius 2 is 1.78 bits per heavy atom. The van der Waals surface area contributed by atoms with Crippen LogP contribution in [0.1, 0.15) is 31.7 Å². The Kier molecular flexibility index (Phi) is 5.88. The highest BCUT2D eigenvalue weighted by atomic mass is 35.5. The normalized spacial score (nSPS) is 11.4. The summed E-state index contributed by atoms with van der Waals surface area (Å²) in [6.45, 7) is 4.75. The molecule has 6 heteroatoms. The summed E-state index contributed by atoms with van der Waals surface area (Å²) >= 11 is 12.4. The van der Waals surface area contributed by atoms with Crippen molar-refractivity contribution in [2.24, 2.45) is 7.05 Å². The van der Waals surface area contributed by atoms with E-state index >= 15 is 0 Å². The maximum Gasteiger partial charge on any atom is 0.282 e. The minimum absolute atomic E-state index is 0.00935. The van der Waals surface area contributed by atoms with E-state index in [1.165, 1.54) is 0 Å². The number of halogens is 2. The number of hydrogen-bond acceptors (Lipinski definition) is 1. The van der Waals surface area contributed by atoms with E-state index in [9.17, 15) is 4.79 Å². The molecule has 3 rings (SSSR count). The molecule has 0 unspecified atom stereocenters. The van der Waals surface area contributed by atoms with Crippen LogP contribution in [0.2, 0.25) is 10.0 Å². The molecule has 0 spiro atoms. The minimum atomic E-state index is 0.00935. The Balaban J connectivity index is 1.94. The Morgan fingerprint density at radius 1 is 1.11 bits per heavy atom. The molecule has 1 N–H and O–H groups in total. The Labute approximate surface area is 169 Å². The average Bonchev–Trinajstić information content (AvgIpc) is 2.92. The maximum atomic E-state index is 11.5. The minimum Gasteiger partial charge on any atom is -0.326 e. The molecule has 27 heavy (non-hydrogen) atoms. The predicted molar refractivity (Wildman–Crippen MR) is 113 cm³/mol. The molecule has 0 fully saturated rings. The first-order valence-corrected chi connectivity index (χ1v) is 9.65. The van der Waals surface area contributed by atoms with Gasteiger partial charge in [0.2, 0.25) is 5.91 Å². The molecule has 0 aliphatic heterocycles. The molecule has 1 aromatic heterocycles. The number of rotatable bonds is 5. The number of fused-ring (bicyclic) bond motifs is 1. The van der Waals surface area contributed by atoms with Gasteiger partial charge < -0.3 is 5.32 Å². The van der Waals surface area contributed by atoms with E-state index in [0.29, 0.717) is 16.5 Å². The second-order valence-corrected chi connectivity index (χ2v) is 7.09. The van der Waals surface area contributed by atoms with Crippen LogP contribution in [0.5, 0.6) is 0 Å². The fraction of sp³-hybridized carbons (Fsp3) is 0.238. The number of nitrogens with one attached hydrogen (secondary N) is 1. The first-order chi connectivity index (χ1) is 12.9. The van der Waals surface area contributed by atoms with Crippen LogP contribution in [-0.4, -0.2) is 10.5 Å². The van der Waals surface area contributed by atoms with Crippen molar-refractivity contribution in [1.29, 1.82) is 0 Å². The smallest absolute Gasteiger partial charge is 0.282 e. The predicted octanol–water partition coefficient (Wildman–Crippen LogP) is 5.31. The Bertz CT molecular complexity index is 1020. The second kappa shape index (κ2) is 8.15. The Hall–Kier alpha value is -2.30. The van der Waals surface area contributed by atoms with Gasteiger partial charge in [-0.1, -0.05) is 42.3 Å². The zero-order valence-electron chi connectivity index (χ0n) is 15.6. The molecular weight excluding hydrogens is 381 g/mol. The zero-order chi connectivity index (χ0) is 19.6. The number of benzene rings is 2. The summed E-state index contributed by atoms with van der Waals surface area (Å²) in [6.07, 6.45) is 4.59. The first-order valence-electron chi connectivity index (χ1n) is 8.89. The fourth-order valence-corrected chi connectivity index (χ4v) is 3.39. The van der Waals surface area contributed by atoms with E-state index in [1.54, 1.807) is 0 Å².